The van der Waals surface area contributed by atoms with Crippen molar-refractivity contribution in [1.82, 2.24) is 0 Å². The molecule has 1 aromatic carbocycles. The molecule has 1 aromatic rings. The molecule has 0 amide bonds. The number of rotatable bonds is 1. The van der Waals surface area contributed by atoms with Crippen LogP contribution in [0.15, 0.2) is 22.7 Å². The number of carboxylic acid groups (broad SMARTS) is 1. The maximum atomic E-state index is 11.8. The second kappa shape index (κ2) is 4.82. The zero-order valence-electron chi connectivity index (χ0n) is 11.0. The van der Waals surface area contributed by atoms with Gasteiger partial charge in [0.2, 0.25) is 0 Å². The number of carboxylic acids is 1. The first-order chi connectivity index (χ1) is 9.09. The van der Waals surface area contributed by atoms with Gasteiger partial charge in [-0.3, -0.25) is 4.79 Å². The molecule has 1 fully saturated rings. The molecule has 1 heterocycles. The van der Waals surface area contributed by atoms with Crippen LogP contribution >= 0.6 is 15.9 Å². The molecule has 4 heteroatoms. The lowest BCUT2D eigenvalue weighted by Crippen LogP contribution is -2.48. The van der Waals surface area contributed by atoms with Crippen LogP contribution in [0.25, 0.3) is 0 Å². The first kappa shape index (κ1) is 13.0. The number of benzene rings is 1. The van der Waals surface area contributed by atoms with E-state index in [0.29, 0.717) is 6.04 Å². The number of carbonyl (C=O) groups is 1. The summed E-state index contributed by atoms with van der Waals surface area (Å²) in [6.07, 6.45) is 4.50. The summed E-state index contributed by atoms with van der Waals surface area (Å²) in [5.74, 6) is -0.781. The van der Waals surface area contributed by atoms with Crippen molar-refractivity contribution in [2.45, 2.75) is 37.6 Å². The van der Waals surface area contributed by atoms with Gasteiger partial charge in [0, 0.05) is 23.2 Å². The fraction of sp³-hybridized carbons (Fsp3) is 0.533. The van der Waals surface area contributed by atoms with Crippen molar-refractivity contribution in [3.8, 4) is 0 Å². The van der Waals surface area contributed by atoms with E-state index in [1.54, 1.807) is 0 Å². The van der Waals surface area contributed by atoms with Gasteiger partial charge in [0.15, 0.2) is 0 Å². The molecule has 1 N–H and O–H groups in total. The summed E-state index contributed by atoms with van der Waals surface area (Å²) in [6, 6.07) is 6.40. The van der Waals surface area contributed by atoms with E-state index < -0.39 is 5.97 Å². The van der Waals surface area contributed by atoms with Gasteiger partial charge in [0.25, 0.3) is 0 Å². The van der Waals surface area contributed by atoms with E-state index in [0.717, 1.165) is 35.0 Å². The standard InChI is InChI=1S/C15H18BrNO2/c1-17-12-5-3-2-4-10(12)14(15(18)19)11-8-9(16)6-7-13(11)17/h6-8,10,12,14H,2-5H2,1H3,(H,18,19). The molecule has 0 spiro atoms. The topological polar surface area (TPSA) is 40.5 Å². The third-order valence-corrected chi connectivity index (χ3v) is 5.17. The molecular formula is C15H18BrNO2. The van der Waals surface area contributed by atoms with Gasteiger partial charge in [-0.15, -0.1) is 0 Å². The highest BCUT2D eigenvalue weighted by Crippen LogP contribution is 2.47. The molecule has 1 aliphatic carbocycles. The molecule has 0 radical (unpaired) electrons. The molecule has 2 aliphatic rings. The molecule has 1 aliphatic heterocycles. The Bertz CT molecular complexity index is 517. The first-order valence-electron chi connectivity index (χ1n) is 6.84. The predicted molar refractivity (Wildman–Crippen MR) is 78.7 cm³/mol. The molecule has 102 valence electrons. The van der Waals surface area contributed by atoms with Crippen molar-refractivity contribution in [3.05, 3.63) is 28.2 Å². The first-order valence-corrected chi connectivity index (χ1v) is 7.64. The second-order valence-electron chi connectivity index (χ2n) is 5.65. The van der Waals surface area contributed by atoms with Crippen molar-refractivity contribution >= 4 is 27.6 Å². The zero-order chi connectivity index (χ0) is 13.6. The van der Waals surface area contributed by atoms with Gasteiger partial charge in [0.05, 0.1) is 5.92 Å². The molecule has 1 saturated carbocycles. The molecule has 3 rings (SSSR count). The molecular weight excluding hydrogens is 306 g/mol. The summed E-state index contributed by atoms with van der Waals surface area (Å²) in [6.45, 7) is 0. The van der Waals surface area contributed by atoms with Crippen molar-refractivity contribution in [3.63, 3.8) is 0 Å². The summed E-state index contributed by atoms with van der Waals surface area (Å²) in [7, 11) is 2.10. The lowest BCUT2D eigenvalue weighted by atomic mass is 9.70. The number of nitrogens with zero attached hydrogens (tertiary/aromatic N) is 1. The molecule has 3 nitrogen and oxygen atoms in total. The summed E-state index contributed by atoms with van der Waals surface area (Å²) >= 11 is 3.46. The lowest BCUT2D eigenvalue weighted by Gasteiger charge is -2.47. The number of anilines is 1. The molecule has 3 unspecified atom stereocenters. The average molecular weight is 324 g/mol. The summed E-state index contributed by atoms with van der Waals surface area (Å²) < 4.78 is 0.958. The SMILES string of the molecule is CN1c2ccc(Br)cc2C(C(=O)O)C2CCCCC21. The van der Waals surface area contributed by atoms with Crippen LogP contribution in [0.3, 0.4) is 0 Å². The Labute approximate surface area is 121 Å². The van der Waals surface area contributed by atoms with Crippen LogP contribution in [0.1, 0.15) is 37.2 Å². The van der Waals surface area contributed by atoms with Gasteiger partial charge < -0.3 is 10.0 Å². The molecule has 3 atom stereocenters. The molecule has 19 heavy (non-hydrogen) atoms. The zero-order valence-corrected chi connectivity index (χ0v) is 12.6. The highest BCUT2D eigenvalue weighted by Gasteiger charge is 2.44. The number of fused-ring (bicyclic) bond motifs is 2. The highest BCUT2D eigenvalue weighted by atomic mass is 79.9. The van der Waals surface area contributed by atoms with Gasteiger partial charge in [-0.05, 0) is 42.5 Å². The van der Waals surface area contributed by atoms with E-state index in [-0.39, 0.29) is 11.8 Å². The Morgan fingerprint density at radius 3 is 2.84 bits per heavy atom. The normalized spacial score (nSPS) is 29.6. The fourth-order valence-electron chi connectivity index (χ4n) is 3.83. The van der Waals surface area contributed by atoms with E-state index in [1.807, 2.05) is 18.2 Å². The van der Waals surface area contributed by atoms with E-state index in [1.165, 1.54) is 6.42 Å². The maximum Gasteiger partial charge on any atom is 0.311 e. The summed E-state index contributed by atoms with van der Waals surface area (Å²) in [5, 5.41) is 9.67. The van der Waals surface area contributed by atoms with E-state index in [2.05, 4.69) is 27.9 Å². The number of halogens is 1. The van der Waals surface area contributed by atoms with E-state index in [4.69, 9.17) is 0 Å². The Kier molecular flexibility index (Phi) is 3.29. The number of aliphatic carboxylic acids is 1. The third kappa shape index (κ3) is 2.06. The van der Waals surface area contributed by atoms with Crippen LogP contribution in [-0.4, -0.2) is 24.2 Å². The monoisotopic (exact) mass is 323 g/mol. The van der Waals surface area contributed by atoms with Gasteiger partial charge in [-0.25, -0.2) is 0 Å². The second-order valence-corrected chi connectivity index (χ2v) is 6.56. The summed E-state index contributed by atoms with van der Waals surface area (Å²) in [5.41, 5.74) is 2.05. The van der Waals surface area contributed by atoms with E-state index in [9.17, 15) is 9.90 Å². The fourth-order valence-corrected chi connectivity index (χ4v) is 4.21. The third-order valence-electron chi connectivity index (χ3n) is 4.68. The van der Waals surface area contributed by atoms with Crippen molar-refractivity contribution in [2.24, 2.45) is 5.92 Å². The van der Waals surface area contributed by atoms with Crippen molar-refractivity contribution in [2.75, 3.05) is 11.9 Å². The Morgan fingerprint density at radius 2 is 2.11 bits per heavy atom. The maximum absolute atomic E-state index is 11.8. The Hall–Kier alpha value is -1.03. The molecule has 0 bridgehead atoms. The van der Waals surface area contributed by atoms with Gasteiger partial charge in [-0.1, -0.05) is 28.8 Å². The highest BCUT2D eigenvalue weighted by molar-refractivity contribution is 9.10. The minimum absolute atomic E-state index is 0.248. The quantitative estimate of drug-likeness (QED) is 0.858. The van der Waals surface area contributed by atoms with Crippen LogP contribution < -0.4 is 4.90 Å². The van der Waals surface area contributed by atoms with Crippen LogP contribution in [0.4, 0.5) is 5.69 Å². The van der Waals surface area contributed by atoms with Crippen molar-refractivity contribution < 1.29 is 9.90 Å². The largest absolute Gasteiger partial charge is 0.481 e. The lowest BCUT2D eigenvalue weighted by molar-refractivity contribution is -0.141. The van der Waals surface area contributed by atoms with E-state index >= 15 is 0 Å². The Morgan fingerprint density at radius 1 is 1.37 bits per heavy atom. The summed E-state index contributed by atoms with van der Waals surface area (Å²) in [4.78, 5) is 14.1. The van der Waals surface area contributed by atoms with Gasteiger partial charge in [0.1, 0.15) is 0 Å². The minimum atomic E-state index is -0.677. The number of hydrogen-bond acceptors (Lipinski definition) is 2. The number of hydrogen-bond donors (Lipinski definition) is 1. The van der Waals surface area contributed by atoms with Crippen LogP contribution in [-0.2, 0) is 4.79 Å². The average Bonchev–Trinajstić information content (AvgIpc) is 2.38. The van der Waals surface area contributed by atoms with Crippen LogP contribution in [0.5, 0.6) is 0 Å². The Balaban J connectivity index is 2.13. The minimum Gasteiger partial charge on any atom is -0.481 e. The predicted octanol–water partition coefficient (Wildman–Crippen LogP) is 3.63. The van der Waals surface area contributed by atoms with Gasteiger partial charge >= 0.3 is 5.97 Å². The molecule has 0 saturated heterocycles. The molecule has 0 aromatic heterocycles. The van der Waals surface area contributed by atoms with Gasteiger partial charge in [-0.2, -0.15) is 0 Å². The van der Waals surface area contributed by atoms with Crippen molar-refractivity contribution in [1.29, 1.82) is 0 Å². The van der Waals surface area contributed by atoms with Crippen LogP contribution in [0.2, 0.25) is 0 Å². The smallest absolute Gasteiger partial charge is 0.311 e. The van der Waals surface area contributed by atoms with Crippen LogP contribution in [0, 0.1) is 5.92 Å².